The van der Waals surface area contributed by atoms with Gasteiger partial charge in [-0.2, -0.15) is 5.10 Å². The molecule has 1 aliphatic rings. The number of amides is 2. The van der Waals surface area contributed by atoms with Gasteiger partial charge in [-0.3, -0.25) is 9.59 Å². The topological polar surface area (TPSA) is 102 Å². The molecule has 0 bridgehead atoms. The number of hydrogen-bond donors (Lipinski definition) is 3. The van der Waals surface area contributed by atoms with Crippen molar-refractivity contribution in [1.29, 1.82) is 0 Å². The van der Waals surface area contributed by atoms with Crippen LogP contribution in [0.2, 0.25) is 5.02 Å². The zero-order valence-corrected chi connectivity index (χ0v) is 17.2. The van der Waals surface area contributed by atoms with E-state index in [0.717, 1.165) is 23.2 Å². The van der Waals surface area contributed by atoms with Gasteiger partial charge in [-0.1, -0.05) is 48.9 Å². The Morgan fingerprint density at radius 2 is 1.97 bits per heavy atom. The second-order valence-corrected chi connectivity index (χ2v) is 7.54. The SMILES string of the molecule is CCC(=O)Nc1ccccc1C1CCNc2c(C(N)=O)c(-c3ccc(Cl)cc3)nn21. The number of halogens is 1. The van der Waals surface area contributed by atoms with Crippen LogP contribution in [0.3, 0.4) is 0 Å². The molecule has 2 heterocycles. The maximum Gasteiger partial charge on any atom is 0.254 e. The van der Waals surface area contributed by atoms with Crippen LogP contribution in [0.25, 0.3) is 11.3 Å². The molecule has 7 nitrogen and oxygen atoms in total. The Hall–Kier alpha value is -3.32. The van der Waals surface area contributed by atoms with Crippen LogP contribution >= 0.6 is 11.6 Å². The molecule has 0 aliphatic carbocycles. The Balaban J connectivity index is 1.84. The van der Waals surface area contributed by atoms with E-state index in [4.69, 9.17) is 22.4 Å². The Bertz CT molecular complexity index is 1110. The summed E-state index contributed by atoms with van der Waals surface area (Å²) in [6, 6.07) is 14.6. The summed E-state index contributed by atoms with van der Waals surface area (Å²) in [6.07, 6.45) is 1.13. The third kappa shape index (κ3) is 3.64. The van der Waals surface area contributed by atoms with Crippen molar-refractivity contribution in [3.8, 4) is 11.3 Å². The number of nitrogens with zero attached hydrogens (tertiary/aromatic N) is 2. The van der Waals surface area contributed by atoms with Gasteiger partial charge in [-0.15, -0.1) is 0 Å². The molecular formula is C22H22ClN5O2. The number of anilines is 2. The number of fused-ring (bicyclic) bond motifs is 1. The standard InChI is InChI=1S/C22H22ClN5O2/c1-2-18(29)26-16-6-4-3-5-15(16)17-11-12-25-22-19(21(24)30)20(27-28(17)22)13-7-9-14(23)10-8-13/h3-10,17,25H,2,11-12H2,1H3,(H2,24,30)(H,26,29). The number of rotatable bonds is 5. The molecular weight excluding hydrogens is 402 g/mol. The van der Waals surface area contributed by atoms with Crippen LogP contribution in [0.4, 0.5) is 11.5 Å². The van der Waals surface area contributed by atoms with Crippen LogP contribution in [-0.2, 0) is 4.79 Å². The molecule has 2 amide bonds. The molecule has 1 aromatic heterocycles. The van der Waals surface area contributed by atoms with Gasteiger partial charge in [0.05, 0.1) is 6.04 Å². The highest BCUT2D eigenvalue weighted by Gasteiger charge is 2.31. The first-order valence-electron chi connectivity index (χ1n) is 9.80. The summed E-state index contributed by atoms with van der Waals surface area (Å²) in [6.45, 7) is 2.46. The maximum absolute atomic E-state index is 12.3. The summed E-state index contributed by atoms with van der Waals surface area (Å²) in [5.74, 6) is -0.0287. The Labute approximate surface area is 179 Å². The largest absolute Gasteiger partial charge is 0.369 e. The lowest BCUT2D eigenvalue weighted by atomic mass is 9.99. The fraction of sp³-hybridized carbons (Fsp3) is 0.227. The van der Waals surface area contributed by atoms with Gasteiger partial charge in [0.25, 0.3) is 5.91 Å². The van der Waals surface area contributed by atoms with E-state index in [-0.39, 0.29) is 11.9 Å². The van der Waals surface area contributed by atoms with Gasteiger partial charge in [-0.05, 0) is 24.6 Å². The van der Waals surface area contributed by atoms with Gasteiger partial charge in [0.2, 0.25) is 5.91 Å². The van der Waals surface area contributed by atoms with Crippen molar-refractivity contribution >= 4 is 34.9 Å². The zero-order valence-electron chi connectivity index (χ0n) is 16.5. The highest BCUT2D eigenvalue weighted by molar-refractivity contribution is 6.30. The number of benzene rings is 2. The average Bonchev–Trinajstić information content (AvgIpc) is 3.14. The minimum atomic E-state index is -0.554. The molecule has 0 saturated heterocycles. The fourth-order valence-corrected chi connectivity index (χ4v) is 3.88. The second kappa shape index (κ2) is 8.20. The summed E-state index contributed by atoms with van der Waals surface area (Å²) in [4.78, 5) is 24.3. The molecule has 1 atom stereocenters. The summed E-state index contributed by atoms with van der Waals surface area (Å²) in [7, 11) is 0. The van der Waals surface area contributed by atoms with Gasteiger partial charge in [-0.25, -0.2) is 4.68 Å². The number of nitrogens with one attached hydrogen (secondary N) is 2. The van der Waals surface area contributed by atoms with Gasteiger partial charge in [0.1, 0.15) is 17.1 Å². The Morgan fingerprint density at radius 1 is 1.23 bits per heavy atom. The van der Waals surface area contributed by atoms with Crippen molar-refractivity contribution in [1.82, 2.24) is 9.78 Å². The molecule has 4 N–H and O–H groups in total. The molecule has 2 aromatic carbocycles. The first-order valence-corrected chi connectivity index (χ1v) is 10.2. The van der Waals surface area contributed by atoms with E-state index in [1.807, 2.05) is 43.3 Å². The van der Waals surface area contributed by atoms with Gasteiger partial charge in [0, 0.05) is 34.8 Å². The molecule has 154 valence electrons. The molecule has 0 saturated carbocycles. The summed E-state index contributed by atoms with van der Waals surface area (Å²) in [5.41, 5.74) is 9.01. The van der Waals surface area contributed by atoms with Crippen LogP contribution in [-0.4, -0.2) is 28.1 Å². The molecule has 1 aliphatic heterocycles. The molecule has 0 radical (unpaired) electrons. The van der Waals surface area contributed by atoms with E-state index in [2.05, 4.69) is 10.6 Å². The van der Waals surface area contributed by atoms with Crippen molar-refractivity contribution < 1.29 is 9.59 Å². The quantitative estimate of drug-likeness (QED) is 0.575. The van der Waals surface area contributed by atoms with Crippen molar-refractivity contribution in [3.05, 3.63) is 64.7 Å². The number of hydrogen-bond acceptors (Lipinski definition) is 4. The summed E-state index contributed by atoms with van der Waals surface area (Å²) in [5, 5.41) is 11.6. The van der Waals surface area contributed by atoms with E-state index in [9.17, 15) is 9.59 Å². The number of nitrogens with two attached hydrogens (primary N) is 1. The Kier molecular flexibility index (Phi) is 5.46. The molecule has 0 spiro atoms. The monoisotopic (exact) mass is 423 g/mol. The lowest BCUT2D eigenvalue weighted by molar-refractivity contribution is -0.115. The summed E-state index contributed by atoms with van der Waals surface area (Å²) >= 11 is 6.01. The fourth-order valence-electron chi connectivity index (χ4n) is 3.75. The van der Waals surface area contributed by atoms with Crippen LogP contribution in [0, 0.1) is 0 Å². The van der Waals surface area contributed by atoms with Crippen molar-refractivity contribution in [2.45, 2.75) is 25.8 Å². The number of primary amides is 1. The van der Waals surface area contributed by atoms with E-state index in [1.165, 1.54) is 0 Å². The van der Waals surface area contributed by atoms with E-state index < -0.39 is 5.91 Å². The minimum absolute atomic E-state index is 0.0586. The lowest BCUT2D eigenvalue weighted by Crippen LogP contribution is -2.27. The van der Waals surface area contributed by atoms with Crippen LogP contribution in [0.5, 0.6) is 0 Å². The van der Waals surface area contributed by atoms with E-state index in [0.29, 0.717) is 35.1 Å². The number of aromatic nitrogens is 2. The van der Waals surface area contributed by atoms with Crippen molar-refractivity contribution in [2.75, 3.05) is 17.2 Å². The molecule has 0 fully saturated rings. The highest BCUT2D eigenvalue weighted by Crippen LogP contribution is 2.38. The summed E-state index contributed by atoms with van der Waals surface area (Å²) < 4.78 is 1.80. The molecule has 30 heavy (non-hydrogen) atoms. The number of carbonyl (C=O) groups excluding carboxylic acids is 2. The van der Waals surface area contributed by atoms with Gasteiger partial charge >= 0.3 is 0 Å². The van der Waals surface area contributed by atoms with Crippen LogP contribution in [0.1, 0.15) is 41.7 Å². The third-order valence-corrected chi connectivity index (χ3v) is 5.45. The zero-order chi connectivity index (χ0) is 21.3. The highest BCUT2D eigenvalue weighted by atomic mass is 35.5. The third-order valence-electron chi connectivity index (χ3n) is 5.19. The number of para-hydroxylation sites is 1. The van der Waals surface area contributed by atoms with E-state index >= 15 is 0 Å². The maximum atomic E-state index is 12.3. The van der Waals surface area contributed by atoms with Crippen molar-refractivity contribution in [2.24, 2.45) is 5.73 Å². The molecule has 4 rings (SSSR count). The molecule has 1 unspecified atom stereocenters. The van der Waals surface area contributed by atoms with Gasteiger partial charge in [0.15, 0.2) is 0 Å². The first-order chi connectivity index (χ1) is 14.5. The van der Waals surface area contributed by atoms with Crippen molar-refractivity contribution in [3.63, 3.8) is 0 Å². The van der Waals surface area contributed by atoms with Gasteiger partial charge < -0.3 is 16.4 Å². The average molecular weight is 424 g/mol. The Morgan fingerprint density at radius 3 is 2.67 bits per heavy atom. The predicted octanol–water partition coefficient (Wildman–Crippen LogP) is 4.06. The molecule has 3 aromatic rings. The minimum Gasteiger partial charge on any atom is -0.369 e. The smallest absolute Gasteiger partial charge is 0.254 e. The number of carbonyl (C=O) groups is 2. The van der Waals surface area contributed by atoms with Crippen LogP contribution in [0.15, 0.2) is 48.5 Å². The normalized spacial score (nSPS) is 15.2. The molecule has 8 heteroatoms. The second-order valence-electron chi connectivity index (χ2n) is 7.11. The van der Waals surface area contributed by atoms with E-state index in [1.54, 1.807) is 16.8 Å². The lowest BCUT2D eigenvalue weighted by Gasteiger charge is -2.28. The predicted molar refractivity (Wildman–Crippen MR) is 118 cm³/mol. The van der Waals surface area contributed by atoms with Crippen LogP contribution < -0.4 is 16.4 Å². The first kappa shape index (κ1) is 20.0.